The molecule has 21 heavy (non-hydrogen) atoms. The van der Waals surface area contributed by atoms with E-state index in [0.717, 1.165) is 18.4 Å². The molecular weight excluding hydrogens is 264 g/mol. The normalized spacial score (nSPS) is 18.2. The van der Waals surface area contributed by atoms with Gasteiger partial charge in [-0.05, 0) is 18.9 Å². The number of hydrogen-bond acceptors (Lipinski definition) is 2. The maximum absolute atomic E-state index is 12.4. The Labute approximate surface area is 125 Å². The minimum atomic E-state index is -0.122. The van der Waals surface area contributed by atoms with Crippen LogP contribution in [0.1, 0.15) is 41.6 Å². The largest absolute Gasteiger partial charge is 0.341 e. The van der Waals surface area contributed by atoms with Crippen molar-refractivity contribution in [2.45, 2.75) is 31.7 Å². The average Bonchev–Trinajstić information content (AvgIpc) is 3.11. The summed E-state index contributed by atoms with van der Waals surface area (Å²) in [5.41, 5.74) is 2.10. The molecule has 1 aromatic carbocycles. The highest BCUT2D eigenvalue weighted by Crippen LogP contribution is 2.31. The zero-order chi connectivity index (χ0) is 15.0. The van der Waals surface area contributed by atoms with Crippen LogP contribution in [0.4, 0.5) is 0 Å². The predicted molar refractivity (Wildman–Crippen MR) is 81.5 cm³/mol. The smallest absolute Gasteiger partial charge is 0.259 e. The Morgan fingerprint density at radius 1 is 1.29 bits per heavy atom. The third kappa shape index (κ3) is 2.35. The van der Waals surface area contributed by atoms with Gasteiger partial charge in [-0.3, -0.25) is 14.5 Å². The van der Waals surface area contributed by atoms with E-state index in [-0.39, 0.29) is 18.4 Å². The van der Waals surface area contributed by atoms with Gasteiger partial charge < -0.3 is 4.90 Å². The van der Waals surface area contributed by atoms with Crippen LogP contribution >= 0.6 is 0 Å². The summed E-state index contributed by atoms with van der Waals surface area (Å²) >= 11 is 0. The van der Waals surface area contributed by atoms with Crippen molar-refractivity contribution in [2.24, 2.45) is 0 Å². The summed E-state index contributed by atoms with van der Waals surface area (Å²) in [6.45, 7) is 4.05. The molecule has 1 aliphatic heterocycles. The molecule has 0 spiro atoms. The first kappa shape index (κ1) is 13.9. The highest BCUT2D eigenvalue weighted by Gasteiger charge is 2.33. The molecule has 0 N–H and O–H groups in total. The van der Waals surface area contributed by atoms with Crippen LogP contribution in [-0.2, 0) is 4.79 Å². The predicted octanol–water partition coefficient (Wildman–Crippen LogP) is 2.51. The fraction of sp³-hybridized carbons (Fsp3) is 0.412. The summed E-state index contributed by atoms with van der Waals surface area (Å²) in [6, 6.07) is 7.70. The Balaban J connectivity index is 1.73. The van der Waals surface area contributed by atoms with E-state index in [1.165, 1.54) is 17.7 Å². The van der Waals surface area contributed by atoms with Gasteiger partial charge in [-0.1, -0.05) is 37.6 Å². The molecular formula is C17H20N2O2. The third-order valence-corrected chi connectivity index (χ3v) is 4.60. The van der Waals surface area contributed by atoms with Crippen LogP contribution in [-0.4, -0.2) is 41.2 Å². The van der Waals surface area contributed by atoms with Crippen molar-refractivity contribution in [3.8, 4) is 0 Å². The second kappa shape index (κ2) is 5.35. The van der Waals surface area contributed by atoms with Crippen LogP contribution in [0.3, 0.4) is 0 Å². The second-order valence-electron chi connectivity index (χ2n) is 5.83. The highest BCUT2D eigenvalue weighted by atomic mass is 16.2. The molecule has 2 amide bonds. The molecule has 1 aliphatic carbocycles. The molecule has 0 unspecified atom stereocenters. The maximum Gasteiger partial charge on any atom is 0.259 e. The number of nitrogens with zero attached hydrogens (tertiary/aromatic N) is 2. The first-order valence-corrected chi connectivity index (χ1v) is 7.45. The molecule has 2 aliphatic rings. The Hall–Kier alpha value is -2.10. The van der Waals surface area contributed by atoms with Gasteiger partial charge in [-0.2, -0.15) is 0 Å². The Morgan fingerprint density at radius 2 is 1.90 bits per heavy atom. The summed E-state index contributed by atoms with van der Waals surface area (Å²) in [5.74, 6) is -0.132. The van der Waals surface area contributed by atoms with Crippen molar-refractivity contribution in [1.29, 1.82) is 0 Å². The van der Waals surface area contributed by atoms with Gasteiger partial charge in [0.2, 0.25) is 5.91 Å². The van der Waals surface area contributed by atoms with Gasteiger partial charge in [-0.25, -0.2) is 0 Å². The van der Waals surface area contributed by atoms with Crippen molar-refractivity contribution in [2.75, 3.05) is 13.6 Å². The number of carbonyl (C=O) groups excluding carboxylic acids is 2. The molecule has 1 fully saturated rings. The Bertz CT molecular complexity index is 568. The number of benzene rings is 1. The van der Waals surface area contributed by atoms with Gasteiger partial charge in [-0.15, -0.1) is 0 Å². The average molecular weight is 284 g/mol. The lowest BCUT2D eigenvalue weighted by atomic mass is 10.1. The van der Waals surface area contributed by atoms with Crippen LogP contribution in [0.2, 0.25) is 0 Å². The van der Waals surface area contributed by atoms with Gasteiger partial charge in [0, 0.05) is 29.9 Å². The molecule has 1 aromatic rings. The zero-order valence-electron chi connectivity index (χ0n) is 12.3. The second-order valence-corrected chi connectivity index (χ2v) is 5.83. The summed E-state index contributed by atoms with van der Waals surface area (Å²) in [4.78, 5) is 28.1. The van der Waals surface area contributed by atoms with E-state index in [1.807, 2.05) is 25.2 Å². The summed E-state index contributed by atoms with van der Waals surface area (Å²) < 4.78 is 0. The quantitative estimate of drug-likeness (QED) is 0.855. The van der Waals surface area contributed by atoms with E-state index in [4.69, 9.17) is 0 Å². The van der Waals surface area contributed by atoms with Gasteiger partial charge in [0.05, 0.1) is 0 Å². The van der Waals surface area contributed by atoms with Crippen molar-refractivity contribution in [3.63, 3.8) is 0 Å². The van der Waals surface area contributed by atoms with E-state index in [2.05, 4.69) is 6.58 Å². The van der Waals surface area contributed by atoms with E-state index < -0.39 is 0 Å². The van der Waals surface area contributed by atoms with E-state index in [1.54, 1.807) is 11.0 Å². The van der Waals surface area contributed by atoms with Gasteiger partial charge in [0.1, 0.15) is 6.54 Å². The number of fused-ring (bicyclic) bond motifs is 1. The number of hydrogen-bond donors (Lipinski definition) is 0. The van der Waals surface area contributed by atoms with Gasteiger partial charge in [0.25, 0.3) is 5.91 Å². The van der Waals surface area contributed by atoms with E-state index in [0.29, 0.717) is 17.3 Å². The summed E-state index contributed by atoms with van der Waals surface area (Å²) in [5, 5.41) is 0. The molecule has 3 rings (SSSR count). The fourth-order valence-corrected chi connectivity index (χ4v) is 3.24. The SMILES string of the molecule is C=C1c2ccccc2C(=O)N1CC(=O)N(C)C1CCCC1. The van der Waals surface area contributed by atoms with Crippen molar-refractivity contribution >= 4 is 17.5 Å². The molecule has 110 valence electrons. The molecule has 1 heterocycles. The molecule has 0 aromatic heterocycles. The van der Waals surface area contributed by atoms with Crippen LogP contribution in [0.5, 0.6) is 0 Å². The van der Waals surface area contributed by atoms with Crippen molar-refractivity contribution in [1.82, 2.24) is 9.80 Å². The Morgan fingerprint density at radius 3 is 2.52 bits per heavy atom. The molecule has 0 atom stereocenters. The summed E-state index contributed by atoms with van der Waals surface area (Å²) in [7, 11) is 1.84. The van der Waals surface area contributed by atoms with Gasteiger partial charge >= 0.3 is 0 Å². The Kier molecular flexibility index (Phi) is 3.53. The standard InChI is InChI=1S/C17H20N2O2/c1-12-14-9-5-6-10-15(14)17(21)19(12)11-16(20)18(2)13-7-3-4-8-13/h5-6,9-10,13H,1,3-4,7-8,11H2,2H3. The van der Waals surface area contributed by atoms with Crippen LogP contribution in [0.25, 0.3) is 5.70 Å². The molecule has 1 saturated carbocycles. The summed E-state index contributed by atoms with van der Waals surface area (Å²) in [6.07, 6.45) is 4.50. The molecule has 0 radical (unpaired) electrons. The van der Waals surface area contributed by atoms with Crippen LogP contribution in [0.15, 0.2) is 30.8 Å². The van der Waals surface area contributed by atoms with E-state index >= 15 is 0 Å². The fourth-order valence-electron chi connectivity index (χ4n) is 3.24. The lowest BCUT2D eigenvalue weighted by Crippen LogP contribution is -2.42. The first-order valence-electron chi connectivity index (χ1n) is 7.45. The lowest BCUT2D eigenvalue weighted by Gasteiger charge is -2.27. The highest BCUT2D eigenvalue weighted by molar-refractivity contribution is 6.10. The van der Waals surface area contributed by atoms with E-state index in [9.17, 15) is 9.59 Å². The molecule has 0 saturated heterocycles. The minimum Gasteiger partial charge on any atom is -0.341 e. The molecule has 0 bridgehead atoms. The number of carbonyl (C=O) groups is 2. The van der Waals surface area contributed by atoms with Crippen molar-refractivity contribution in [3.05, 3.63) is 42.0 Å². The third-order valence-electron chi connectivity index (χ3n) is 4.60. The number of likely N-dealkylation sites (N-methyl/N-ethyl adjacent to an activating group) is 1. The maximum atomic E-state index is 12.4. The van der Waals surface area contributed by atoms with Crippen LogP contribution < -0.4 is 0 Å². The number of rotatable bonds is 3. The lowest BCUT2D eigenvalue weighted by molar-refractivity contribution is -0.131. The monoisotopic (exact) mass is 284 g/mol. The first-order chi connectivity index (χ1) is 10.1. The van der Waals surface area contributed by atoms with Crippen LogP contribution in [0, 0.1) is 0 Å². The molecule has 4 nitrogen and oxygen atoms in total. The van der Waals surface area contributed by atoms with Gasteiger partial charge in [0.15, 0.2) is 0 Å². The number of amides is 2. The topological polar surface area (TPSA) is 40.6 Å². The zero-order valence-corrected chi connectivity index (χ0v) is 12.3. The minimum absolute atomic E-state index is 0.00999. The molecule has 4 heteroatoms. The van der Waals surface area contributed by atoms with Crippen molar-refractivity contribution < 1.29 is 9.59 Å².